The second-order valence-electron chi connectivity index (χ2n) is 16.6. The van der Waals surface area contributed by atoms with E-state index < -0.39 is 64.6 Å². The van der Waals surface area contributed by atoms with Crippen molar-refractivity contribution in [3.05, 3.63) is 54.4 Å². The molecule has 2 heterocycles. The van der Waals surface area contributed by atoms with Crippen molar-refractivity contribution in [1.82, 2.24) is 20.2 Å². The average molecular weight is 747 g/mol. The molecule has 3 fully saturated rings. The lowest BCUT2D eigenvalue weighted by Gasteiger charge is -2.36. The maximum Gasteiger partial charge on any atom is 0.272 e. The number of ether oxygens (including phenoxy) is 1. The minimum atomic E-state index is -0.979. The van der Waals surface area contributed by atoms with E-state index in [2.05, 4.69) is 15.3 Å². The molecule has 54 heavy (non-hydrogen) atoms. The highest BCUT2D eigenvalue weighted by Crippen LogP contribution is 2.37. The third-order valence-corrected chi connectivity index (χ3v) is 11.2. The fraction of sp³-hybridized carbons (Fsp3) is 0.619. The van der Waals surface area contributed by atoms with Gasteiger partial charge in [-0.1, -0.05) is 59.4 Å². The molecule has 1 aliphatic heterocycles. The molecule has 5 rings (SSSR count). The molecule has 2 aliphatic carbocycles. The standard InChI is InChI=1S/C42H55FN4O7/c1-5-10-28(39(51)37(50)19-26-15-16-26)20-35(48)34-22-31(54-30-14-9-13-29(43)21-30)25-47(34)41(53)32(42(2,3)4)23-36(49)38(27-11-7-6-8-12-27)46-40(52)33-24-44-17-18-45-33/h9,13-14,17-18,21,24,26-28,31-32,34,38H,5-8,10-12,15-16,19-20,22-23,25H2,1-4H3,(H,46,52)/t28-,31-,32-,34+,38+/m1/s1. The van der Waals surface area contributed by atoms with E-state index in [4.69, 9.17) is 4.74 Å². The van der Waals surface area contributed by atoms with Crippen LogP contribution in [0, 0.1) is 34.9 Å². The van der Waals surface area contributed by atoms with Gasteiger partial charge in [0.05, 0.1) is 24.8 Å². The number of nitrogens with one attached hydrogen (secondary N) is 1. The van der Waals surface area contributed by atoms with Crippen molar-refractivity contribution in [1.29, 1.82) is 0 Å². The zero-order valence-corrected chi connectivity index (χ0v) is 32.1. The van der Waals surface area contributed by atoms with Crippen molar-refractivity contribution in [2.24, 2.45) is 29.1 Å². The molecular weight excluding hydrogens is 691 g/mol. The van der Waals surface area contributed by atoms with Crippen LogP contribution < -0.4 is 10.1 Å². The van der Waals surface area contributed by atoms with Crippen molar-refractivity contribution >= 4 is 34.9 Å². The van der Waals surface area contributed by atoms with E-state index in [0.29, 0.717) is 12.8 Å². The maximum atomic E-state index is 14.8. The number of ketones is 4. The molecule has 11 nitrogen and oxygen atoms in total. The van der Waals surface area contributed by atoms with E-state index in [1.807, 2.05) is 27.7 Å². The molecule has 1 aromatic heterocycles. The Morgan fingerprint density at radius 2 is 1.74 bits per heavy atom. The van der Waals surface area contributed by atoms with Crippen molar-refractivity contribution in [2.75, 3.05) is 6.54 Å². The summed E-state index contributed by atoms with van der Waals surface area (Å²) < 4.78 is 20.2. The number of amides is 2. The summed E-state index contributed by atoms with van der Waals surface area (Å²) in [5.41, 5.74) is -0.643. The second kappa shape index (κ2) is 18.3. The highest BCUT2D eigenvalue weighted by atomic mass is 19.1. The SMILES string of the molecule is CCC[C@H](CC(=O)[C@@H]1C[C@@H](Oc2cccc(F)c2)CN1C(=O)[C@@H](CC(=O)[C@@H](NC(=O)c1cnccn1)C1CCCCC1)C(C)(C)C)C(=O)C(=O)CC1CC1. The van der Waals surface area contributed by atoms with Gasteiger partial charge in [0.15, 0.2) is 17.3 Å². The molecule has 0 radical (unpaired) electrons. The van der Waals surface area contributed by atoms with Gasteiger partial charge in [0.25, 0.3) is 5.91 Å². The summed E-state index contributed by atoms with van der Waals surface area (Å²) in [5, 5.41) is 2.92. The molecule has 12 heteroatoms. The number of rotatable bonds is 18. The predicted molar refractivity (Wildman–Crippen MR) is 199 cm³/mol. The maximum absolute atomic E-state index is 14.8. The van der Waals surface area contributed by atoms with Crippen LogP contribution in [0.15, 0.2) is 42.9 Å². The number of aromatic nitrogens is 2. The molecule has 5 atom stereocenters. The molecular formula is C42H55FN4O7. The Balaban J connectivity index is 1.40. The minimum Gasteiger partial charge on any atom is -0.488 e. The fourth-order valence-electron chi connectivity index (χ4n) is 7.98. The molecule has 1 saturated heterocycles. The summed E-state index contributed by atoms with van der Waals surface area (Å²) in [6.07, 6.45) is 10.7. The van der Waals surface area contributed by atoms with E-state index in [-0.39, 0.29) is 67.1 Å². The number of carbonyl (C=O) groups is 6. The number of halogens is 1. The zero-order chi connectivity index (χ0) is 39.0. The Bertz CT molecular complexity index is 1670. The van der Waals surface area contributed by atoms with Gasteiger partial charge in [-0.15, -0.1) is 0 Å². The van der Waals surface area contributed by atoms with Crippen LogP contribution in [0.5, 0.6) is 5.75 Å². The van der Waals surface area contributed by atoms with Gasteiger partial charge >= 0.3 is 0 Å². The Hall–Kier alpha value is -4.35. The Labute approximate surface area is 317 Å². The Morgan fingerprint density at radius 1 is 1.00 bits per heavy atom. The summed E-state index contributed by atoms with van der Waals surface area (Å²) in [4.78, 5) is 92.4. The van der Waals surface area contributed by atoms with Crippen LogP contribution in [0.2, 0.25) is 0 Å². The van der Waals surface area contributed by atoms with Crippen molar-refractivity contribution in [3.63, 3.8) is 0 Å². The zero-order valence-electron chi connectivity index (χ0n) is 32.1. The predicted octanol–water partition coefficient (Wildman–Crippen LogP) is 6.28. The molecule has 1 aromatic carbocycles. The molecule has 2 amide bonds. The topological polar surface area (TPSA) is 153 Å². The van der Waals surface area contributed by atoms with E-state index in [0.717, 1.165) is 44.9 Å². The summed E-state index contributed by atoms with van der Waals surface area (Å²) in [7, 11) is 0. The summed E-state index contributed by atoms with van der Waals surface area (Å²) in [6, 6.07) is 3.82. The van der Waals surface area contributed by atoms with Gasteiger partial charge in [-0.05, 0) is 61.5 Å². The second-order valence-corrected chi connectivity index (χ2v) is 16.6. The first-order valence-corrected chi connectivity index (χ1v) is 19.7. The van der Waals surface area contributed by atoms with Gasteiger partial charge < -0.3 is 15.0 Å². The quantitative estimate of drug-likeness (QED) is 0.174. The van der Waals surface area contributed by atoms with Gasteiger partial charge in [-0.2, -0.15) is 0 Å². The van der Waals surface area contributed by atoms with Crippen molar-refractivity contribution < 1.29 is 37.9 Å². The van der Waals surface area contributed by atoms with Gasteiger partial charge in [-0.25, -0.2) is 9.37 Å². The first-order chi connectivity index (χ1) is 25.7. The minimum absolute atomic E-state index is 0.00892. The fourth-order valence-corrected chi connectivity index (χ4v) is 7.98. The van der Waals surface area contributed by atoms with Crippen molar-refractivity contribution in [3.8, 4) is 5.75 Å². The molecule has 2 saturated carbocycles. The normalized spacial score (nSPS) is 20.8. The molecule has 0 unspecified atom stereocenters. The lowest BCUT2D eigenvalue weighted by molar-refractivity contribution is -0.147. The number of hydrogen-bond donors (Lipinski definition) is 1. The number of benzene rings is 1. The lowest BCUT2D eigenvalue weighted by atomic mass is 9.74. The third kappa shape index (κ3) is 10.9. The Kier molecular flexibility index (Phi) is 13.9. The van der Waals surface area contributed by atoms with Crippen LogP contribution in [-0.4, -0.2) is 74.5 Å². The van der Waals surface area contributed by atoms with Crippen LogP contribution in [0.1, 0.15) is 122 Å². The Morgan fingerprint density at radius 3 is 2.37 bits per heavy atom. The van der Waals surface area contributed by atoms with E-state index >= 15 is 0 Å². The van der Waals surface area contributed by atoms with Crippen LogP contribution in [0.25, 0.3) is 0 Å². The molecule has 292 valence electrons. The smallest absolute Gasteiger partial charge is 0.272 e. The van der Waals surface area contributed by atoms with E-state index in [1.54, 1.807) is 6.07 Å². The number of nitrogens with zero attached hydrogens (tertiary/aromatic N) is 3. The first-order valence-electron chi connectivity index (χ1n) is 19.7. The summed E-state index contributed by atoms with van der Waals surface area (Å²) >= 11 is 0. The molecule has 3 aliphatic rings. The van der Waals surface area contributed by atoms with E-state index in [9.17, 15) is 33.2 Å². The largest absolute Gasteiger partial charge is 0.488 e. The summed E-state index contributed by atoms with van der Waals surface area (Å²) in [6.45, 7) is 7.50. The number of hydrogen-bond acceptors (Lipinski definition) is 9. The highest BCUT2D eigenvalue weighted by Gasteiger charge is 2.47. The van der Waals surface area contributed by atoms with Crippen LogP contribution in [0.4, 0.5) is 4.39 Å². The van der Waals surface area contributed by atoms with Gasteiger partial charge in [-0.3, -0.25) is 33.8 Å². The molecule has 2 aromatic rings. The number of Topliss-reactive ketones (excluding diaryl/α,β-unsaturated/α-hetero) is 4. The monoisotopic (exact) mass is 746 g/mol. The van der Waals surface area contributed by atoms with Gasteiger partial charge in [0.2, 0.25) is 11.7 Å². The first kappa shape index (κ1) is 40.8. The number of carbonyl (C=O) groups excluding carboxylic acids is 6. The van der Waals surface area contributed by atoms with Gasteiger partial charge in [0.1, 0.15) is 23.4 Å². The molecule has 1 N–H and O–H groups in total. The molecule has 0 bridgehead atoms. The van der Waals surface area contributed by atoms with Crippen LogP contribution in [-0.2, 0) is 24.0 Å². The molecule has 0 spiro atoms. The lowest BCUT2D eigenvalue weighted by Crippen LogP contribution is -2.51. The van der Waals surface area contributed by atoms with Gasteiger partial charge in [0, 0.05) is 56.0 Å². The third-order valence-electron chi connectivity index (χ3n) is 11.2. The summed E-state index contributed by atoms with van der Waals surface area (Å²) in [5.74, 6) is -4.30. The van der Waals surface area contributed by atoms with Crippen LogP contribution in [0.3, 0.4) is 0 Å². The van der Waals surface area contributed by atoms with Crippen molar-refractivity contribution in [2.45, 2.75) is 129 Å². The number of likely N-dealkylation sites (tertiary alicyclic amines) is 1. The van der Waals surface area contributed by atoms with E-state index in [1.165, 1.54) is 41.7 Å². The van der Waals surface area contributed by atoms with Crippen LogP contribution >= 0.6 is 0 Å². The average Bonchev–Trinajstić information content (AvgIpc) is 3.87. The highest BCUT2D eigenvalue weighted by molar-refractivity contribution is 6.38.